The van der Waals surface area contributed by atoms with Crippen molar-refractivity contribution in [3.05, 3.63) is 99.3 Å². The molecule has 0 aliphatic rings. The van der Waals surface area contributed by atoms with Gasteiger partial charge in [0.2, 0.25) is 5.88 Å². The Morgan fingerprint density at radius 2 is 1.52 bits per heavy atom. The van der Waals surface area contributed by atoms with Gasteiger partial charge in [-0.05, 0) is 30.5 Å². The van der Waals surface area contributed by atoms with E-state index < -0.39 is 0 Å². The van der Waals surface area contributed by atoms with E-state index in [4.69, 9.17) is 15.3 Å². The first-order chi connectivity index (χ1) is 13.1. The number of rotatable bonds is 7. The highest BCUT2D eigenvalue weighted by Gasteiger charge is 2.19. The van der Waals surface area contributed by atoms with Crippen molar-refractivity contribution in [1.82, 2.24) is 4.73 Å². The standard InChI is InChI=1S/C22H24N2O3/c1-16-13-20(25)24(27-15-19-11-7-4-8-12-19)22(21(16)17(2)23)26-14-18-9-5-3-6-10-18/h3-13,17H,14-15,23H2,1-2H3. The molecule has 0 radical (unpaired) electrons. The van der Waals surface area contributed by atoms with Crippen molar-refractivity contribution in [2.45, 2.75) is 33.1 Å². The Balaban J connectivity index is 1.94. The fourth-order valence-corrected chi connectivity index (χ4v) is 2.95. The Morgan fingerprint density at radius 1 is 0.963 bits per heavy atom. The van der Waals surface area contributed by atoms with Gasteiger partial charge in [-0.25, -0.2) is 0 Å². The number of pyridine rings is 1. The molecule has 3 aromatic rings. The Bertz CT molecular complexity index is 935. The van der Waals surface area contributed by atoms with Gasteiger partial charge in [0.05, 0.1) is 0 Å². The third-order valence-electron chi connectivity index (χ3n) is 4.26. The van der Waals surface area contributed by atoms with E-state index in [2.05, 4.69) is 0 Å². The van der Waals surface area contributed by atoms with Gasteiger partial charge in [0.1, 0.15) is 13.2 Å². The quantitative estimate of drug-likeness (QED) is 0.698. The van der Waals surface area contributed by atoms with Crippen LogP contribution in [-0.4, -0.2) is 4.73 Å². The number of ether oxygens (including phenoxy) is 1. The summed E-state index contributed by atoms with van der Waals surface area (Å²) in [7, 11) is 0. The van der Waals surface area contributed by atoms with E-state index in [9.17, 15) is 4.79 Å². The van der Waals surface area contributed by atoms with E-state index in [0.717, 1.165) is 22.3 Å². The molecular formula is C22H24N2O3. The molecule has 0 aliphatic heterocycles. The van der Waals surface area contributed by atoms with Crippen LogP contribution >= 0.6 is 0 Å². The first-order valence-corrected chi connectivity index (χ1v) is 8.92. The second kappa shape index (κ2) is 8.56. The number of hydrogen-bond donors (Lipinski definition) is 1. The van der Waals surface area contributed by atoms with E-state index in [0.29, 0.717) is 12.5 Å². The Kier molecular flexibility index (Phi) is 5.94. The van der Waals surface area contributed by atoms with Crippen molar-refractivity contribution in [3.8, 4) is 5.88 Å². The molecule has 0 fully saturated rings. The first-order valence-electron chi connectivity index (χ1n) is 8.92. The van der Waals surface area contributed by atoms with Crippen molar-refractivity contribution in [2.75, 3.05) is 0 Å². The van der Waals surface area contributed by atoms with Crippen LogP contribution in [0.3, 0.4) is 0 Å². The molecule has 1 heterocycles. The molecule has 2 aromatic carbocycles. The molecule has 1 unspecified atom stereocenters. The minimum atomic E-state index is -0.303. The molecular weight excluding hydrogens is 340 g/mol. The molecule has 0 saturated heterocycles. The topological polar surface area (TPSA) is 66.5 Å². The molecule has 1 aromatic heterocycles. The molecule has 2 N–H and O–H groups in total. The highest BCUT2D eigenvalue weighted by Crippen LogP contribution is 2.26. The zero-order chi connectivity index (χ0) is 19.2. The molecule has 0 saturated carbocycles. The van der Waals surface area contributed by atoms with Crippen molar-refractivity contribution in [1.29, 1.82) is 0 Å². The van der Waals surface area contributed by atoms with E-state index in [1.54, 1.807) is 0 Å². The highest BCUT2D eigenvalue weighted by atomic mass is 16.7. The van der Waals surface area contributed by atoms with Crippen molar-refractivity contribution in [3.63, 3.8) is 0 Å². The van der Waals surface area contributed by atoms with Crippen LogP contribution in [0.2, 0.25) is 0 Å². The van der Waals surface area contributed by atoms with Crippen LogP contribution in [0.15, 0.2) is 71.5 Å². The summed E-state index contributed by atoms with van der Waals surface area (Å²) in [4.78, 5) is 18.4. The summed E-state index contributed by atoms with van der Waals surface area (Å²) < 4.78 is 7.23. The van der Waals surface area contributed by atoms with Crippen LogP contribution in [0.5, 0.6) is 5.88 Å². The second-order valence-electron chi connectivity index (χ2n) is 6.50. The third-order valence-corrected chi connectivity index (χ3v) is 4.26. The molecule has 3 rings (SSSR count). The maximum atomic E-state index is 12.6. The predicted molar refractivity (Wildman–Crippen MR) is 106 cm³/mol. The van der Waals surface area contributed by atoms with Gasteiger partial charge in [-0.1, -0.05) is 60.7 Å². The summed E-state index contributed by atoms with van der Waals surface area (Å²) in [6.45, 7) is 4.29. The maximum absolute atomic E-state index is 12.6. The monoisotopic (exact) mass is 364 g/mol. The van der Waals surface area contributed by atoms with E-state index in [-0.39, 0.29) is 18.2 Å². The van der Waals surface area contributed by atoms with Gasteiger partial charge in [-0.15, -0.1) is 4.73 Å². The van der Waals surface area contributed by atoms with E-state index in [1.165, 1.54) is 10.8 Å². The van der Waals surface area contributed by atoms with Gasteiger partial charge in [-0.2, -0.15) is 0 Å². The molecule has 0 bridgehead atoms. The highest BCUT2D eigenvalue weighted by molar-refractivity contribution is 5.37. The van der Waals surface area contributed by atoms with Crippen LogP contribution in [0.1, 0.15) is 35.2 Å². The molecule has 0 amide bonds. The number of nitrogens with two attached hydrogens (primary N) is 1. The van der Waals surface area contributed by atoms with Crippen LogP contribution in [-0.2, 0) is 13.2 Å². The first kappa shape index (κ1) is 18.7. The maximum Gasteiger partial charge on any atom is 0.286 e. The molecule has 0 spiro atoms. The van der Waals surface area contributed by atoms with E-state index >= 15 is 0 Å². The predicted octanol–water partition coefficient (Wildman–Crippen LogP) is 3.38. The van der Waals surface area contributed by atoms with Gasteiger partial charge in [-0.3, -0.25) is 4.79 Å². The van der Waals surface area contributed by atoms with Crippen molar-refractivity contribution < 1.29 is 9.57 Å². The lowest BCUT2D eigenvalue weighted by atomic mass is 10.1. The average Bonchev–Trinajstić information content (AvgIpc) is 2.66. The Morgan fingerprint density at radius 3 is 2.07 bits per heavy atom. The summed E-state index contributed by atoms with van der Waals surface area (Å²) in [5.74, 6) is 0.356. The van der Waals surface area contributed by atoms with Gasteiger partial charge < -0.3 is 15.3 Å². The largest absolute Gasteiger partial charge is 0.472 e. The van der Waals surface area contributed by atoms with Crippen LogP contribution in [0.4, 0.5) is 0 Å². The summed E-state index contributed by atoms with van der Waals surface area (Å²) in [5.41, 5.74) is 9.39. The third kappa shape index (κ3) is 4.57. The number of aromatic nitrogens is 1. The molecule has 27 heavy (non-hydrogen) atoms. The SMILES string of the molecule is Cc1cc(=O)n(OCc2ccccc2)c(OCc2ccccc2)c1C(C)N. The second-order valence-corrected chi connectivity index (χ2v) is 6.50. The number of benzene rings is 2. The van der Waals surface area contributed by atoms with Gasteiger partial charge in [0.25, 0.3) is 5.56 Å². The van der Waals surface area contributed by atoms with Crippen molar-refractivity contribution in [2.24, 2.45) is 5.73 Å². The fourth-order valence-electron chi connectivity index (χ4n) is 2.95. The van der Waals surface area contributed by atoms with Gasteiger partial charge >= 0.3 is 0 Å². The lowest BCUT2D eigenvalue weighted by Gasteiger charge is -2.21. The summed E-state index contributed by atoms with van der Waals surface area (Å²) >= 11 is 0. The van der Waals surface area contributed by atoms with Crippen LogP contribution in [0.25, 0.3) is 0 Å². The Hall–Kier alpha value is -3.05. The minimum Gasteiger partial charge on any atom is -0.472 e. The minimum absolute atomic E-state index is 0.254. The summed E-state index contributed by atoms with van der Waals surface area (Å²) in [6.07, 6.45) is 0. The summed E-state index contributed by atoms with van der Waals surface area (Å²) in [5, 5.41) is 0. The lowest BCUT2D eigenvalue weighted by molar-refractivity contribution is 0.0616. The molecule has 1 atom stereocenters. The Labute approximate surface area is 158 Å². The normalized spacial score (nSPS) is 11.8. The fraction of sp³-hybridized carbons (Fsp3) is 0.227. The molecule has 5 nitrogen and oxygen atoms in total. The van der Waals surface area contributed by atoms with Crippen LogP contribution < -0.4 is 20.9 Å². The number of aryl methyl sites for hydroxylation is 1. The number of hydrogen-bond acceptors (Lipinski definition) is 4. The van der Waals surface area contributed by atoms with E-state index in [1.807, 2.05) is 74.5 Å². The molecule has 0 aliphatic carbocycles. The zero-order valence-electron chi connectivity index (χ0n) is 15.6. The smallest absolute Gasteiger partial charge is 0.286 e. The molecule has 140 valence electrons. The number of nitrogens with zero attached hydrogens (tertiary/aromatic N) is 1. The van der Waals surface area contributed by atoms with Gasteiger partial charge in [0, 0.05) is 17.7 Å². The average molecular weight is 364 g/mol. The van der Waals surface area contributed by atoms with Crippen LogP contribution in [0, 0.1) is 6.92 Å². The van der Waals surface area contributed by atoms with Gasteiger partial charge in [0.15, 0.2) is 0 Å². The lowest BCUT2D eigenvalue weighted by Crippen LogP contribution is -2.30. The zero-order valence-corrected chi connectivity index (χ0v) is 15.6. The molecule has 5 heteroatoms. The van der Waals surface area contributed by atoms with Crippen molar-refractivity contribution >= 4 is 0 Å². The summed E-state index contributed by atoms with van der Waals surface area (Å²) in [6, 6.07) is 20.7.